The molecule has 0 saturated heterocycles. The lowest BCUT2D eigenvalue weighted by Crippen LogP contribution is -2.13. The van der Waals surface area contributed by atoms with Gasteiger partial charge in [0.1, 0.15) is 41.7 Å². The van der Waals surface area contributed by atoms with Crippen molar-refractivity contribution in [3.8, 4) is 28.6 Å². The molecular weight excluding hydrogens is 408 g/mol. The topological polar surface area (TPSA) is 82.7 Å². The number of aromatic amines is 1. The Balaban J connectivity index is 1.60. The summed E-state index contributed by atoms with van der Waals surface area (Å²) < 4.78 is 21.9. The van der Waals surface area contributed by atoms with E-state index >= 15 is 0 Å². The molecule has 1 aromatic heterocycles. The average molecular weight is 432 g/mol. The van der Waals surface area contributed by atoms with E-state index in [1.54, 1.807) is 26.4 Å². The molecule has 4 aromatic rings. The second-order valence-corrected chi connectivity index (χ2v) is 7.07. The Morgan fingerprint density at radius 3 is 2.38 bits per heavy atom. The Kier molecular flexibility index (Phi) is 6.67. The number of fused-ring (bicyclic) bond motifs is 1. The van der Waals surface area contributed by atoms with Gasteiger partial charge in [0.2, 0.25) is 0 Å². The highest BCUT2D eigenvalue weighted by Crippen LogP contribution is 2.29. The Bertz CT molecular complexity index is 1240. The fourth-order valence-corrected chi connectivity index (χ4v) is 3.26. The summed E-state index contributed by atoms with van der Waals surface area (Å²) >= 11 is 0. The maximum absolute atomic E-state index is 12.9. The van der Waals surface area contributed by atoms with Gasteiger partial charge in [-0.15, -0.1) is 0 Å². The van der Waals surface area contributed by atoms with Crippen molar-refractivity contribution in [2.45, 2.75) is 6.61 Å². The van der Waals surface area contributed by atoms with Crippen LogP contribution in [0.4, 0.5) is 0 Å². The predicted octanol–water partition coefficient (Wildman–Crippen LogP) is 4.20. The number of nitrogens with zero attached hydrogens (tertiary/aromatic N) is 1. The maximum atomic E-state index is 12.9. The van der Waals surface area contributed by atoms with Crippen LogP contribution in [0, 0.1) is 0 Å². The zero-order valence-corrected chi connectivity index (χ0v) is 18.0. The maximum Gasteiger partial charge on any atom is 0.262 e. The summed E-state index contributed by atoms with van der Waals surface area (Å²) in [5.74, 6) is 2.14. The van der Waals surface area contributed by atoms with Crippen molar-refractivity contribution in [2.24, 2.45) is 0 Å². The number of hydrogen-bond donors (Lipinski definition) is 1. The van der Waals surface area contributed by atoms with Gasteiger partial charge in [0, 0.05) is 24.8 Å². The lowest BCUT2D eigenvalue weighted by molar-refractivity contribution is 0.147. The van der Waals surface area contributed by atoms with Gasteiger partial charge in [0.15, 0.2) is 0 Å². The van der Waals surface area contributed by atoms with Crippen LogP contribution in [-0.4, -0.2) is 37.4 Å². The number of aromatic nitrogens is 2. The molecule has 1 N–H and O–H groups in total. The van der Waals surface area contributed by atoms with Gasteiger partial charge in [-0.2, -0.15) is 0 Å². The summed E-state index contributed by atoms with van der Waals surface area (Å²) in [7, 11) is 3.15. The quantitative estimate of drug-likeness (QED) is 0.399. The van der Waals surface area contributed by atoms with E-state index < -0.39 is 0 Å². The third kappa shape index (κ3) is 4.90. The van der Waals surface area contributed by atoms with E-state index in [1.807, 2.05) is 54.6 Å². The number of hydrogen-bond acceptors (Lipinski definition) is 6. The number of nitrogens with one attached hydrogen (secondary N) is 1. The molecule has 0 unspecified atom stereocenters. The Morgan fingerprint density at radius 2 is 1.66 bits per heavy atom. The molecule has 1 heterocycles. The van der Waals surface area contributed by atoms with E-state index in [0.29, 0.717) is 48.0 Å². The highest BCUT2D eigenvalue weighted by Gasteiger charge is 2.14. The van der Waals surface area contributed by atoms with Gasteiger partial charge < -0.3 is 23.9 Å². The van der Waals surface area contributed by atoms with Crippen molar-refractivity contribution >= 4 is 10.9 Å². The van der Waals surface area contributed by atoms with Gasteiger partial charge in [0.05, 0.1) is 19.2 Å². The summed E-state index contributed by atoms with van der Waals surface area (Å²) in [6.07, 6.45) is 0. The Hall–Kier alpha value is -3.84. The van der Waals surface area contributed by atoms with Crippen LogP contribution in [0.3, 0.4) is 0 Å². The SMILES string of the molecule is COCCOc1cc(OC)cc2nc(-c3ccc(OCc4ccccc4)cc3)[nH]c(=O)c12. The van der Waals surface area contributed by atoms with Gasteiger partial charge in [-0.05, 0) is 29.8 Å². The van der Waals surface area contributed by atoms with Crippen molar-refractivity contribution in [3.63, 3.8) is 0 Å². The minimum absolute atomic E-state index is 0.288. The number of ether oxygens (including phenoxy) is 4. The van der Waals surface area contributed by atoms with E-state index in [4.69, 9.17) is 18.9 Å². The van der Waals surface area contributed by atoms with Crippen molar-refractivity contribution in [3.05, 3.63) is 82.6 Å². The molecule has 0 amide bonds. The third-order valence-corrected chi connectivity index (χ3v) is 4.90. The zero-order valence-electron chi connectivity index (χ0n) is 18.0. The van der Waals surface area contributed by atoms with Gasteiger partial charge in [0.25, 0.3) is 5.56 Å². The lowest BCUT2D eigenvalue weighted by atomic mass is 10.1. The van der Waals surface area contributed by atoms with Gasteiger partial charge in [-0.25, -0.2) is 4.98 Å². The normalized spacial score (nSPS) is 10.8. The van der Waals surface area contributed by atoms with E-state index in [0.717, 1.165) is 16.9 Å². The lowest BCUT2D eigenvalue weighted by Gasteiger charge is -2.12. The average Bonchev–Trinajstić information content (AvgIpc) is 2.83. The van der Waals surface area contributed by atoms with Crippen LogP contribution in [0.15, 0.2) is 71.5 Å². The van der Waals surface area contributed by atoms with E-state index in [2.05, 4.69) is 9.97 Å². The van der Waals surface area contributed by atoms with E-state index in [-0.39, 0.29) is 5.56 Å². The minimum atomic E-state index is -0.288. The van der Waals surface area contributed by atoms with Crippen LogP contribution < -0.4 is 19.8 Å². The van der Waals surface area contributed by atoms with Gasteiger partial charge in [-0.3, -0.25) is 4.79 Å². The fourth-order valence-electron chi connectivity index (χ4n) is 3.26. The van der Waals surface area contributed by atoms with Crippen LogP contribution in [0.5, 0.6) is 17.2 Å². The number of H-pyrrole nitrogens is 1. The molecule has 3 aromatic carbocycles. The van der Waals surface area contributed by atoms with Crippen LogP contribution in [0.2, 0.25) is 0 Å². The molecule has 7 heteroatoms. The van der Waals surface area contributed by atoms with Crippen molar-refractivity contribution < 1.29 is 18.9 Å². The minimum Gasteiger partial charge on any atom is -0.497 e. The second kappa shape index (κ2) is 9.98. The monoisotopic (exact) mass is 432 g/mol. The summed E-state index contributed by atoms with van der Waals surface area (Å²) in [5, 5.41) is 0.369. The van der Waals surface area contributed by atoms with Crippen molar-refractivity contribution in [2.75, 3.05) is 27.4 Å². The van der Waals surface area contributed by atoms with Crippen LogP contribution in [0.1, 0.15) is 5.56 Å². The molecule has 0 atom stereocenters. The molecule has 32 heavy (non-hydrogen) atoms. The summed E-state index contributed by atoms with van der Waals surface area (Å²) in [6.45, 7) is 1.20. The van der Waals surface area contributed by atoms with Crippen LogP contribution >= 0.6 is 0 Å². The number of benzene rings is 3. The highest BCUT2D eigenvalue weighted by molar-refractivity contribution is 5.87. The largest absolute Gasteiger partial charge is 0.497 e. The smallest absolute Gasteiger partial charge is 0.262 e. The van der Waals surface area contributed by atoms with Crippen LogP contribution in [0.25, 0.3) is 22.3 Å². The summed E-state index contributed by atoms with van der Waals surface area (Å²) in [4.78, 5) is 20.4. The molecular formula is C25H24N2O5. The summed E-state index contributed by atoms with van der Waals surface area (Å²) in [5.41, 5.74) is 2.06. The molecule has 0 aliphatic heterocycles. The molecule has 0 radical (unpaired) electrons. The first kappa shape index (κ1) is 21.4. The number of rotatable bonds is 9. The standard InChI is InChI=1S/C25H24N2O5/c1-29-12-13-31-22-15-20(30-2)14-21-23(22)25(28)27-24(26-21)18-8-10-19(11-9-18)32-16-17-6-4-3-5-7-17/h3-11,14-15H,12-13,16H2,1-2H3,(H,26,27,28). The predicted molar refractivity (Wildman–Crippen MR) is 122 cm³/mol. The molecule has 0 fully saturated rings. The highest BCUT2D eigenvalue weighted by atomic mass is 16.5. The molecule has 4 rings (SSSR count). The fraction of sp³-hybridized carbons (Fsp3) is 0.200. The van der Waals surface area contributed by atoms with Crippen LogP contribution in [-0.2, 0) is 11.3 Å². The Morgan fingerprint density at radius 1 is 0.875 bits per heavy atom. The third-order valence-electron chi connectivity index (χ3n) is 4.90. The van der Waals surface area contributed by atoms with Gasteiger partial charge in [-0.1, -0.05) is 30.3 Å². The molecule has 164 valence electrons. The van der Waals surface area contributed by atoms with E-state index in [1.165, 1.54) is 0 Å². The molecule has 0 saturated carbocycles. The second-order valence-electron chi connectivity index (χ2n) is 7.07. The molecule has 0 spiro atoms. The molecule has 0 aliphatic carbocycles. The molecule has 0 aliphatic rings. The molecule has 7 nitrogen and oxygen atoms in total. The first-order valence-electron chi connectivity index (χ1n) is 10.2. The van der Waals surface area contributed by atoms with Crippen molar-refractivity contribution in [1.82, 2.24) is 9.97 Å². The van der Waals surface area contributed by atoms with Crippen molar-refractivity contribution in [1.29, 1.82) is 0 Å². The summed E-state index contributed by atoms with van der Waals surface area (Å²) in [6, 6.07) is 20.8. The van der Waals surface area contributed by atoms with Gasteiger partial charge >= 0.3 is 0 Å². The number of methoxy groups -OCH3 is 2. The first-order chi connectivity index (χ1) is 15.7. The zero-order chi connectivity index (χ0) is 22.3. The van der Waals surface area contributed by atoms with E-state index in [9.17, 15) is 4.79 Å². The first-order valence-corrected chi connectivity index (χ1v) is 10.2. The molecule has 0 bridgehead atoms. The Labute approximate surface area is 185 Å².